The minimum Gasteiger partial charge on any atom is -0.506 e. The van der Waals surface area contributed by atoms with Gasteiger partial charge < -0.3 is 5.11 Å². The largest absolute Gasteiger partial charge is 0.506 e. The van der Waals surface area contributed by atoms with Crippen LogP contribution in [0.3, 0.4) is 0 Å². The van der Waals surface area contributed by atoms with E-state index < -0.39 is 25.5 Å². The van der Waals surface area contributed by atoms with Crippen molar-refractivity contribution in [2.75, 3.05) is 4.72 Å². The number of phenolic OH excluding ortho intramolecular Hbond substituents is 1. The lowest BCUT2D eigenvalue weighted by molar-refractivity contribution is -0.387. The first-order valence-corrected chi connectivity index (χ1v) is 7.35. The molecule has 0 radical (unpaired) electrons. The molecule has 0 aliphatic heterocycles. The first-order chi connectivity index (χ1) is 9.81. The van der Waals surface area contributed by atoms with Crippen LogP contribution in [0.1, 0.15) is 5.56 Å². The summed E-state index contributed by atoms with van der Waals surface area (Å²) in [6, 6.07) is 9.37. The fraction of sp³-hybridized carbons (Fsp3) is 0.0769. The molecule has 0 amide bonds. The summed E-state index contributed by atoms with van der Waals surface area (Å²) in [5.41, 5.74) is 0.177. The zero-order valence-electron chi connectivity index (χ0n) is 11.0. The highest BCUT2D eigenvalue weighted by molar-refractivity contribution is 7.92. The Morgan fingerprint density at radius 1 is 1.19 bits per heavy atom. The topological polar surface area (TPSA) is 110 Å². The molecule has 110 valence electrons. The average molecular weight is 308 g/mol. The van der Waals surface area contributed by atoms with E-state index >= 15 is 0 Å². The van der Waals surface area contributed by atoms with Crippen LogP contribution in [0, 0.1) is 17.0 Å². The number of nitro benzene ring substituents is 1. The van der Waals surface area contributed by atoms with Gasteiger partial charge in [-0.15, -0.1) is 0 Å². The van der Waals surface area contributed by atoms with E-state index in [1.165, 1.54) is 24.3 Å². The number of benzene rings is 2. The molecule has 7 nitrogen and oxygen atoms in total. The van der Waals surface area contributed by atoms with Crippen molar-refractivity contribution in [3.63, 3.8) is 0 Å². The summed E-state index contributed by atoms with van der Waals surface area (Å²) in [7, 11) is -4.18. The van der Waals surface area contributed by atoms with Gasteiger partial charge in [0.25, 0.3) is 15.7 Å². The summed E-state index contributed by atoms with van der Waals surface area (Å²) in [5.74, 6) is -0.253. The van der Waals surface area contributed by atoms with Gasteiger partial charge in [-0.1, -0.05) is 18.2 Å². The SMILES string of the molecule is Cc1ccc(NS(=O)(=O)c2ccccc2[N+](=O)[O-])c(O)c1. The Balaban J connectivity index is 2.46. The molecule has 8 heteroatoms. The Bertz CT molecular complexity index is 802. The molecule has 0 bridgehead atoms. The number of aryl methyl sites for hydroxylation is 1. The molecule has 21 heavy (non-hydrogen) atoms. The molecule has 0 heterocycles. The molecule has 0 aliphatic rings. The fourth-order valence-electron chi connectivity index (χ4n) is 1.76. The molecule has 2 N–H and O–H groups in total. The number of nitrogens with zero attached hydrogens (tertiary/aromatic N) is 1. The van der Waals surface area contributed by atoms with Gasteiger partial charge in [-0.3, -0.25) is 14.8 Å². The van der Waals surface area contributed by atoms with Gasteiger partial charge in [0.05, 0.1) is 10.6 Å². The average Bonchev–Trinajstić information content (AvgIpc) is 2.42. The van der Waals surface area contributed by atoms with Crippen molar-refractivity contribution in [1.82, 2.24) is 0 Å². The number of anilines is 1. The second-order valence-electron chi connectivity index (χ2n) is 4.35. The maximum Gasteiger partial charge on any atom is 0.289 e. The molecule has 2 aromatic carbocycles. The number of hydrogen-bond donors (Lipinski definition) is 2. The third-order valence-corrected chi connectivity index (χ3v) is 4.16. The van der Waals surface area contributed by atoms with Crippen molar-refractivity contribution in [2.24, 2.45) is 0 Å². The van der Waals surface area contributed by atoms with E-state index in [-0.39, 0.29) is 11.4 Å². The fourth-order valence-corrected chi connectivity index (χ4v) is 3.01. The van der Waals surface area contributed by atoms with Gasteiger partial charge in [-0.05, 0) is 30.7 Å². The van der Waals surface area contributed by atoms with Gasteiger partial charge in [0.15, 0.2) is 4.90 Å². The molecule has 0 spiro atoms. The van der Waals surface area contributed by atoms with Crippen LogP contribution >= 0.6 is 0 Å². The van der Waals surface area contributed by atoms with Crippen LogP contribution in [0.2, 0.25) is 0 Å². The lowest BCUT2D eigenvalue weighted by Crippen LogP contribution is -2.14. The molecule has 0 aliphatic carbocycles. The minimum absolute atomic E-state index is 0.0428. The minimum atomic E-state index is -4.18. The highest BCUT2D eigenvalue weighted by Crippen LogP contribution is 2.29. The Kier molecular flexibility index (Phi) is 3.81. The van der Waals surface area contributed by atoms with E-state index in [2.05, 4.69) is 4.72 Å². The molecular formula is C13H12N2O5S. The number of nitrogens with one attached hydrogen (secondary N) is 1. The molecule has 0 saturated heterocycles. The van der Waals surface area contributed by atoms with Crippen LogP contribution in [0.15, 0.2) is 47.4 Å². The molecule has 2 aromatic rings. The number of aromatic hydroxyl groups is 1. The van der Waals surface area contributed by atoms with E-state index in [0.29, 0.717) is 0 Å². The monoisotopic (exact) mass is 308 g/mol. The van der Waals surface area contributed by atoms with Gasteiger partial charge in [-0.25, -0.2) is 8.42 Å². The molecule has 0 atom stereocenters. The van der Waals surface area contributed by atoms with E-state index in [4.69, 9.17) is 0 Å². The summed E-state index contributed by atoms with van der Waals surface area (Å²) >= 11 is 0. The maximum atomic E-state index is 12.2. The summed E-state index contributed by atoms with van der Waals surface area (Å²) in [6.45, 7) is 1.74. The summed E-state index contributed by atoms with van der Waals surface area (Å²) in [4.78, 5) is 9.66. The number of phenols is 1. The summed E-state index contributed by atoms with van der Waals surface area (Å²) in [6.07, 6.45) is 0. The first kappa shape index (κ1) is 14.8. The zero-order chi connectivity index (χ0) is 15.6. The van der Waals surface area contributed by atoms with Crippen molar-refractivity contribution in [3.05, 3.63) is 58.1 Å². The number of rotatable bonds is 4. The van der Waals surface area contributed by atoms with Gasteiger partial charge in [0.2, 0.25) is 0 Å². The van der Waals surface area contributed by atoms with Crippen LogP contribution in [0.4, 0.5) is 11.4 Å². The van der Waals surface area contributed by atoms with Crippen molar-refractivity contribution in [2.45, 2.75) is 11.8 Å². The van der Waals surface area contributed by atoms with Gasteiger partial charge in [-0.2, -0.15) is 0 Å². The number of hydrogen-bond acceptors (Lipinski definition) is 5. The molecule has 2 rings (SSSR count). The second-order valence-corrected chi connectivity index (χ2v) is 6.00. The van der Waals surface area contributed by atoms with E-state index in [1.54, 1.807) is 13.0 Å². The predicted octanol–water partition coefficient (Wildman–Crippen LogP) is 2.41. The van der Waals surface area contributed by atoms with Gasteiger partial charge in [0.1, 0.15) is 5.75 Å². The summed E-state index contributed by atoms with van der Waals surface area (Å²) in [5, 5.41) is 20.6. The maximum absolute atomic E-state index is 12.2. The first-order valence-electron chi connectivity index (χ1n) is 5.87. The van der Waals surface area contributed by atoms with E-state index in [9.17, 15) is 23.6 Å². The molecular weight excluding hydrogens is 296 g/mol. The van der Waals surface area contributed by atoms with Crippen molar-refractivity contribution in [1.29, 1.82) is 0 Å². The van der Waals surface area contributed by atoms with Crippen molar-refractivity contribution < 1.29 is 18.4 Å². The second kappa shape index (κ2) is 5.41. The van der Waals surface area contributed by atoms with Crippen LogP contribution in [0.5, 0.6) is 5.75 Å². The third-order valence-electron chi connectivity index (χ3n) is 2.75. The molecule has 0 fully saturated rings. The lowest BCUT2D eigenvalue weighted by atomic mass is 10.2. The highest BCUT2D eigenvalue weighted by atomic mass is 32.2. The Morgan fingerprint density at radius 2 is 1.86 bits per heavy atom. The van der Waals surface area contributed by atoms with Crippen molar-refractivity contribution >= 4 is 21.4 Å². The van der Waals surface area contributed by atoms with Crippen LogP contribution in [-0.4, -0.2) is 18.4 Å². The van der Waals surface area contributed by atoms with Crippen molar-refractivity contribution in [3.8, 4) is 5.75 Å². The summed E-state index contributed by atoms with van der Waals surface area (Å²) < 4.78 is 26.6. The number of nitro groups is 1. The quantitative estimate of drug-likeness (QED) is 0.512. The Hall–Kier alpha value is -2.61. The van der Waals surface area contributed by atoms with E-state index in [0.717, 1.165) is 17.7 Å². The number of para-hydroxylation sites is 1. The highest BCUT2D eigenvalue weighted by Gasteiger charge is 2.25. The lowest BCUT2D eigenvalue weighted by Gasteiger charge is -2.10. The molecule has 0 aromatic heterocycles. The van der Waals surface area contributed by atoms with E-state index in [1.807, 2.05) is 0 Å². The van der Waals surface area contributed by atoms with Crippen LogP contribution < -0.4 is 4.72 Å². The predicted molar refractivity (Wildman–Crippen MR) is 76.7 cm³/mol. The smallest absolute Gasteiger partial charge is 0.289 e. The Labute approximate surface area is 121 Å². The zero-order valence-corrected chi connectivity index (χ0v) is 11.8. The Morgan fingerprint density at radius 3 is 2.48 bits per heavy atom. The number of sulfonamides is 1. The van der Waals surface area contributed by atoms with Gasteiger partial charge in [0, 0.05) is 6.07 Å². The normalized spacial score (nSPS) is 11.1. The standard InChI is InChI=1S/C13H12N2O5S/c1-9-6-7-10(12(16)8-9)14-21(19,20)13-5-3-2-4-11(13)15(17)18/h2-8,14,16H,1H3. The van der Waals surface area contributed by atoms with Crippen LogP contribution in [0.25, 0.3) is 0 Å². The molecule has 0 unspecified atom stereocenters. The van der Waals surface area contributed by atoms with Gasteiger partial charge >= 0.3 is 0 Å². The third kappa shape index (κ3) is 3.11. The molecule has 0 saturated carbocycles. The van der Waals surface area contributed by atoms with Crippen LogP contribution in [-0.2, 0) is 10.0 Å².